The van der Waals surface area contributed by atoms with E-state index in [-0.39, 0.29) is 31.1 Å². The minimum Gasteiger partial charge on any atom is -0.462 e. The predicted octanol–water partition coefficient (Wildman–Crippen LogP) is 20.8. The van der Waals surface area contributed by atoms with Crippen molar-refractivity contribution in [3.05, 3.63) is 60.8 Å². The standard InChI is InChI=1S/C65H116O6/c1-4-7-10-13-16-19-22-25-28-30-32-34-37-40-43-46-49-52-55-58-64(67)70-61-62(60-69-63(66)57-54-51-48-45-42-39-36-27-24-21-18-15-12-9-6-3)71-65(68)59-56-53-50-47-44-41-38-35-33-31-29-26-23-20-17-14-11-8-5-2/h16,18-19,21,25,27-28,32,34,36,62H,4-15,17,20,22-24,26,29-31,33,35,37-61H2,1-3H3/b19-16-,21-18-,28-25-,34-32-,36-27-/t62-/m1/s1. The Morgan fingerprint density at radius 3 is 0.817 bits per heavy atom. The van der Waals surface area contributed by atoms with E-state index >= 15 is 0 Å². The second kappa shape index (κ2) is 59.7. The van der Waals surface area contributed by atoms with Crippen LogP contribution in [0.3, 0.4) is 0 Å². The molecule has 0 fully saturated rings. The Kier molecular flexibility index (Phi) is 57.2. The second-order valence-corrected chi connectivity index (χ2v) is 20.6. The van der Waals surface area contributed by atoms with E-state index in [0.717, 1.165) is 96.3 Å². The van der Waals surface area contributed by atoms with E-state index in [2.05, 4.69) is 81.5 Å². The highest BCUT2D eigenvalue weighted by molar-refractivity contribution is 5.71. The average Bonchev–Trinajstić information content (AvgIpc) is 3.37. The van der Waals surface area contributed by atoms with Crippen LogP contribution in [0, 0.1) is 0 Å². The highest BCUT2D eigenvalue weighted by Gasteiger charge is 2.19. The lowest BCUT2D eigenvalue weighted by Gasteiger charge is -2.18. The number of carbonyl (C=O) groups excluding carboxylic acids is 3. The lowest BCUT2D eigenvalue weighted by atomic mass is 10.0. The van der Waals surface area contributed by atoms with Crippen LogP contribution in [0.1, 0.15) is 316 Å². The van der Waals surface area contributed by atoms with Crippen molar-refractivity contribution in [3.8, 4) is 0 Å². The highest BCUT2D eigenvalue weighted by atomic mass is 16.6. The number of rotatable bonds is 56. The molecule has 0 saturated heterocycles. The molecule has 0 aromatic carbocycles. The SMILES string of the molecule is CCCCC/C=C\C/C=C\C/C=C\CCCCCCCCC(=O)OC[C@@H](COC(=O)CCCCCCC/C=C\C/C=C\CCCCC)OC(=O)CCCCCCCCCCCCCCCCCCCCC. The maximum Gasteiger partial charge on any atom is 0.306 e. The maximum absolute atomic E-state index is 12.9. The zero-order valence-electron chi connectivity index (χ0n) is 47.2. The molecule has 0 saturated carbocycles. The van der Waals surface area contributed by atoms with Crippen LogP contribution in [0.25, 0.3) is 0 Å². The summed E-state index contributed by atoms with van der Waals surface area (Å²) in [6.45, 7) is 6.60. The number of unbranched alkanes of at least 4 members (excludes halogenated alkanes) is 35. The van der Waals surface area contributed by atoms with E-state index in [1.165, 1.54) is 180 Å². The molecule has 0 N–H and O–H groups in total. The number of allylic oxidation sites excluding steroid dienone is 10. The zero-order valence-corrected chi connectivity index (χ0v) is 47.2. The van der Waals surface area contributed by atoms with Crippen LogP contribution in [-0.4, -0.2) is 37.2 Å². The molecule has 0 aliphatic carbocycles. The van der Waals surface area contributed by atoms with Gasteiger partial charge in [-0.2, -0.15) is 0 Å². The van der Waals surface area contributed by atoms with E-state index in [1.807, 2.05) is 0 Å². The van der Waals surface area contributed by atoms with Crippen molar-refractivity contribution in [1.29, 1.82) is 0 Å². The van der Waals surface area contributed by atoms with Gasteiger partial charge in [-0.1, -0.05) is 268 Å². The van der Waals surface area contributed by atoms with Crippen molar-refractivity contribution >= 4 is 17.9 Å². The number of carbonyl (C=O) groups is 3. The highest BCUT2D eigenvalue weighted by Crippen LogP contribution is 2.17. The van der Waals surface area contributed by atoms with Crippen LogP contribution in [0.5, 0.6) is 0 Å². The molecule has 0 bridgehead atoms. The summed E-state index contributed by atoms with van der Waals surface area (Å²) in [5.74, 6) is -0.892. The van der Waals surface area contributed by atoms with Gasteiger partial charge in [-0.15, -0.1) is 0 Å². The summed E-state index contributed by atoms with van der Waals surface area (Å²) in [6.07, 6.45) is 75.0. The van der Waals surface area contributed by atoms with Crippen molar-refractivity contribution in [1.82, 2.24) is 0 Å². The fraction of sp³-hybridized carbons (Fsp3) is 0.800. The third-order valence-corrected chi connectivity index (χ3v) is 13.5. The molecule has 0 aliphatic rings. The van der Waals surface area contributed by atoms with Crippen molar-refractivity contribution in [3.63, 3.8) is 0 Å². The van der Waals surface area contributed by atoms with Gasteiger partial charge in [0, 0.05) is 19.3 Å². The molecule has 71 heavy (non-hydrogen) atoms. The van der Waals surface area contributed by atoms with Crippen LogP contribution in [-0.2, 0) is 28.6 Å². The molecule has 0 aromatic heterocycles. The number of hydrogen-bond acceptors (Lipinski definition) is 6. The Morgan fingerprint density at radius 2 is 0.507 bits per heavy atom. The molecular weight excluding hydrogens is 877 g/mol. The van der Waals surface area contributed by atoms with Crippen LogP contribution in [0.4, 0.5) is 0 Å². The molecule has 0 amide bonds. The van der Waals surface area contributed by atoms with Crippen LogP contribution in [0.15, 0.2) is 60.8 Å². The van der Waals surface area contributed by atoms with E-state index in [9.17, 15) is 14.4 Å². The van der Waals surface area contributed by atoms with Gasteiger partial charge in [0.15, 0.2) is 6.10 Å². The molecule has 0 rings (SSSR count). The Labute approximate surface area is 440 Å². The molecular formula is C65H116O6. The largest absolute Gasteiger partial charge is 0.462 e. The Bertz CT molecular complexity index is 1280. The summed E-state index contributed by atoms with van der Waals surface area (Å²) in [4.78, 5) is 38.3. The summed E-state index contributed by atoms with van der Waals surface area (Å²) < 4.78 is 16.9. The molecule has 0 heterocycles. The second-order valence-electron chi connectivity index (χ2n) is 20.6. The Hall–Kier alpha value is -2.89. The van der Waals surface area contributed by atoms with Crippen molar-refractivity contribution in [2.45, 2.75) is 322 Å². The van der Waals surface area contributed by atoms with Gasteiger partial charge in [-0.3, -0.25) is 14.4 Å². The van der Waals surface area contributed by atoms with Crippen molar-refractivity contribution < 1.29 is 28.6 Å². The monoisotopic (exact) mass is 993 g/mol. The lowest BCUT2D eigenvalue weighted by Crippen LogP contribution is -2.30. The summed E-state index contributed by atoms with van der Waals surface area (Å²) in [6, 6.07) is 0. The molecule has 0 aromatic rings. The van der Waals surface area contributed by atoms with E-state index in [4.69, 9.17) is 14.2 Å². The number of ether oxygens (including phenoxy) is 3. The molecule has 0 unspecified atom stereocenters. The molecule has 0 spiro atoms. The quantitative estimate of drug-likeness (QED) is 0.0261. The first-order chi connectivity index (χ1) is 35.0. The Balaban J connectivity index is 4.38. The number of hydrogen-bond donors (Lipinski definition) is 0. The summed E-state index contributed by atoms with van der Waals surface area (Å²) >= 11 is 0. The summed E-state index contributed by atoms with van der Waals surface area (Å²) in [7, 11) is 0. The van der Waals surface area contributed by atoms with E-state index < -0.39 is 6.10 Å². The fourth-order valence-electron chi connectivity index (χ4n) is 8.83. The smallest absolute Gasteiger partial charge is 0.306 e. The van der Waals surface area contributed by atoms with Crippen molar-refractivity contribution in [2.24, 2.45) is 0 Å². The molecule has 6 heteroatoms. The van der Waals surface area contributed by atoms with Crippen LogP contribution < -0.4 is 0 Å². The van der Waals surface area contributed by atoms with Gasteiger partial charge in [0.1, 0.15) is 13.2 Å². The minimum atomic E-state index is -0.785. The van der Waals surface area contributed by atoms with E-state index in [1.54, 1.807) is 0 Å². The first-order valence-corrected chi connectivity index (χ1v) is 30.8. The lowest BCUT2D eigenvalue weighted by molar-refractivity contribution is -0.167. The van der Waals surface area contributed by atoms with E-state index in [0.29, 0.717) is 19.3 Å². The van der Waals surface area contributed by atoms with Crippen molar-refractivity contribution in [2.75, 3.05) is 13.2 Å². The van der Waals surface area contributed by atoms with Gasteiger partial charge in [-0.25, -0.2) is 0 Å². The molecule has 1 atom stereocenters. The first kappa shape index (κ1) is 68.1. The van der Waals surface area contributed by atoms with Gasteiger partial charge < -0.3 is 14.2 Å². The zero-order chi connectivity index (χ0) is 51.4. The summed E-state index contributed by atoms with van der Waals surface area (Å²) in [5, 5.41) is 0. The first-order valence-electron chi connectivity index (χ1n) is 30.8. The minimum absolute atomic E-state index is 0.0831. The average molecular weight is 994 g/mol. The molecule has 0 radical (unpaired) electrons. The number of esters is 3. The topological polar surface area (TPSA) is 78.9 Å². The molecule has 412 valence electrons. The predicted molar refractivity (Wildman–Crippen MR) is 307 cm³/mol. The summed E-state index contributed by atoms with van der Waals surface area (Å²) in [5.41, 5.74) is 0. The van der Waals surface area contributed by atoms with Crippen LogP contribution in [0.2, 0.25) is 0 Å². The van der Waals surface area contributed by atoms with Gasteiger partial charge in [0.2, 0.25) is 0 Å². The molecule has 6 nitrogen and oxygen atoms in total. The van der Waals surface area contributed by atoms with Gasteiger partial charge in [-0.05, 0) is 89.9 Å². The third kappa shape index (κ3) is 57.9. The molecule has 0 aliphatic heterocycles. The van der Waals surface area contributed by atoms with Gasteiger partial charge >= 0.3 is 17.9 Å². The maximum atomic E-state index is 12.9. The fourth-order valence-corrected chi connectivity index (χ4v) is 8.83. The van der Waals surface area contributed by atoms with Gasteiger partial charge in [0.05, 0.1) is 0 Å². The normalized spacial score (nSPS) is 12.4. The third-order valence-electron chi connectivity index (χ3n) is 13.5. The Morgan fingerprint density at radius 1 is 0.282 bits per heavy atom. The van der Waals surface area contributed by atoms with Crippen LogP contribution >= 0.6 is 0 Å². The van der Waals surface area contributed by atoms with Gasteiger partial charge in [0.25, 0.3) is 0 Å².